The summed E-state index contributed by atoms with van der Waals surface area (Å²) in [6.45, 7) is 4.68. The van der Waals surface area contributed by atoms with Crippen molar-refractivity contribution < 1.29 is 13.5 Å². The molecule has 7 aliphatic rings. The first-order valence-electron chi connectivity index (χ1n) is 14.6. The summed E-state index contributed by atoms with van der Waals surface area (Å²) < 4.78 is 38.0. The van der Waals surface area contributed by atoms with E-state index in [1.165, 1.54) is 0 Å². The molecule has 0 aromatic rings. The van der Waals surface area contributed by atoms with Gasteiger partial charge in [0.15, 0.2) is 0 Å². The fraction of sp³-hybridized carbons (Fsp3) is 1.00. The molecule has 3 aliphatic carbocycles. The SMILES string of the molecule is CN1CCN2CC1C1(CC1)OCC1CCCC(F)C1C1CC3C(CN1)NNC3C1CC2CCC1F. The van der Waals surface area contributed by atoms with Crippen LogP contribution in [0.2, 0.25) is 0 Å². The van der Waals surface area contributed by atoms with Crippen LogP contribution in [0.15, 0.2) is 0 Å². The van der Waals surface area contributed by atoms with Crippen LogP contribution in [0.4, 0.5) is 8.78 Å². The molecule has 6 nitrogen and oxygen atoms in total. The molecule has 35 heavy (non-hydrogen) atoms. The highest BCUT2D eigenvalue weighted by Crippen LogP contribution is 2.49. The van der Waals surface area contributed by atoms with Crippen molar-refractivity contribution in [3.63, 3.8) is 0 Å². The Morgan fingerprint density at radius 1 is 0.914 bits per heavy atom. The van der Waals surface area contributed by atoms with Crippen molar-refractivity contribution in [3.8, 4) is 0 Å². The fourth-order valence-electron chi connectivity index (χ4n) is 9.20. The highest BCUT2D eigenvalue weighted by molar-refractivity contribution is 5.11. The quantitative estimate of drug-likeness (QED) is 0.481. The number of hydrogen-bond donors (Lipinski definition) is 3. The van der Waals surface area contributed by atoms with Crippen LogP contribution in [0, 0.1) is 23.7 Å². The Morgan fingerprint density at radius 3 is 2.66 bits per heavy atom. The lowest BCUT2D eigenvalue weighted by Crippen LogP contribution is -2.61. The standard InChI is InChI=1S/C27H45F2N5O/c1-33-9-10-34-14-24(33)27(7-8-27)35-15-16-3-2-4-21(29)25(16)22-12-19-23(13-30-22)31-32-26(19)18-11-17(34)5-6-20(18)28/h16-26,30-32H,2-15H2,1H3. The van der Waals surface area contributed by atoms with Crippen molar-refractivity contribution >= 4 is 0 Å². The predicted octanol–water partition coefficient (Wildman–Crippen LogP) is 2.25. The summed E-state index contributed by atoms with van der Waals surface area (Å²) in [7, 11) is 2.25. The Morgan fingerprint density at radius 2 is 1.80 bits per heavy atom. The van der Waals surface area contributed by atoms with Gasteiger partial charge in [-0.15, -0.1) is 0 Å². The molecule has 12 atom stereocenters. The van der Waals surface area contributed by atoms with Gasteiger partial charge >= 0.3 is 0 Å². The summed E-state index contributed by atoms with van der Waals surface area (Å²) in [6, 6.07) is 1.45. The van der Waals surface area contributed by atoms with Crippen molar-refractivity contribution in [1.82, 2.24) is 26.0 Å². The zero-order chi connectivity index (χ0) is 23.7. The van der Waals surface area contributed by atoms with E-state index in [1.54, 1.807) is 0 Å². The lowest BCUT2D eigenvalue weighted by molar-refractivity contribution is -0.0912. The molecule has 3 saturated carbocycles. The molecule has 4 aliphatic heterocycles. The Bertz CT molecular complexity index is 785. The van der Waals surface area contributed by atoms with Gasteiger partial charge in [-0.25, -0.2) is 8.78 Å². The van der Waals surface area contributed by atoms with Crippen LogP contribution in [-0.2, 0) is 4.74 Å². The monoisotopic (exact) mass is 493 g/mol. The molecule has 4 heterocycles. The topological polar surface area (TPSA) is 51.8 Å². The number of alkyl halides is 2. The molecule has 12 unspecified atom stereocenters. The van der Waals surface area contributed by atoms with Crippen LogP contribution in [0.5, 0.6) is 0 Å². The summed E-state index contributed by atoms with van der Waals surface area (Å²) in [4.78, 5) is 5.19. The number of hydrazine groups is 1. The summed E-state index contributed by atoms with van der Waals surface area (Å²) in [5.41, 5.74) is 7.00. The second-order valence-electron chi connectivity index (χ2n) is 13.1. The molecule has 0 radical (unpaired) electrons. The van der Waals surface area contributed by atoms with E-state index >= 15 is 8.78 Å². The van der Waals surface area contributed by atoms with Gasteiger partial charge in [-0.2, -0.15) is 0 Å². The first kappa shape index (κ1) is 23.7. The zero-order valence-electron chi connectivity index (χ0n) is 21.3. The number of piperazine rings is 1. The van der Waals surface area contributed by atoms with E-state index in [1.807, 2.05) is 0 Å². The van der Waals surface area contributed by atoms with Crippen molar-refractivity contribution in [1.29, 1.82) is 0 Å². The molecule has 4 saturated heterocycles. The lowest BCUT2D eigenvalue weighted by Gasteiger charge is -2.49. The Kier molecular flexibility index (Phi) is 6.18. The van der Waals surface area contributed by atoms with Gasteiger partial charge < -0.3 is 10.1 Å². The van der Waals surface area contributed by atoms with Gasteiger partial charge in [-0.1, -0.05) is 6.42 Å². The Hall–Kier alpha value is -0.380. The smallest absolute Gasteiger partial charge is 0.105 e. The molecular weight excluding hydrogens is 448 g/mol. The number of hydrogen-bond acceptors (Lipinski definition) is 6. The number of rotatable bonds is 0. The second-order valence-corrected chi connectivity index (χ2v) is 13.1. The summed E-state index contributed by atoms with van der Waals surface area (Å²) in [5.74, 6) is 0.675. The van der Waals surface area contributed by atoms with Crippen molar-refractivity contribution in [2.45, 2.75) is 106 Å². The van der Waals surface area contributed by atoms with Crippen LogP contribution < -0.4 is 16.2 Å². The first-order valence-corrected chi connectivity index (χ1v) is 14.6. The summed E-state index contributed by atoms with van der Waals surface area (Å²) >= 11 is 0. The summed E-state index contributed by atoms with van der Waals surface area (Å²) in [5, 5.41) is 3.74. The zero-order valence-corrected chi connectivity index (χ0v) is 21.3. The molecule has 7 rings (SSSR count). The van der Waals surface area contributed by atoms with Gasteiger partial charge in [0, 0.05) is 62.2 Å². The van der Waals surface area contributed by atoms with E-state index in [9.17, 15) is 0 Å². The van der Waals surface area contributed by atoms with Crippen molar-refractivity contribution in [2.75, 3.05) is 39.8 Å². The van der Waals surface area contributed by atoms with Gasteiger partial charge in [-0.05, 0) is 70.3 Å². The minimum Gasteiger partial charge on any atom is -0.373 e. The average Bonchev–Trinajstić information content (AvgIpc) is 3.54. The third kappa shape index (κ3) is 4.09. The van der Waals surface area contributed by atoms with Crippen LogP contribution in [-0.4, -0.2) is 97.8 Å². The average molecular weight is 494 g/mol. The number of nitrogens with zero attached hydrogens (tertiary/aromatic N) is 2. The maximum Gasteiger partial charge on any atom is 0.105 e. The molecular formula is C27H45F2N5O. The van der Waals surface area contributed by atoms with Crippen molar-refractivity contribution in [3.05, 3.63) is 0 Å². The number of nitrogens with one attached hydrogen (secondary N) is 3. The third-order valence-corrected chi connectivity index (χ3v) is 11.4. The number of ether oxygens (including phenoxy) is 1. The normalized spacial score (nSPS) is 53.9. The van der Waals surface area contributed by atoms with E-state index in [-0.39, 0.29) is 35.4 Å². The fourth-order valence-corrected chi connectivity index (χ4v) is 9.20. The van der Waals surface area contributed by atoms with Crippen LogP contribution in [0.1, 0.15) is 57.8 Å². The van der Waals surface area contributed by atoms with Crippen LogP contribution in [0.25, 0.3) is 0 Å². The van der Waals surface area contributed by atoms with E-state index in [0.717, 1.165) is 71.1 Å². The molecule has 0 aromatic heterocycles. The van der Waals surface area contributed by atoms with Gasteiger partial charge in [-0.3, -0.25) is 20.7 Å². The molecule has 7 fully saturated rings. The predicted molar refractivity (Wildman–Crippen MR) is 131 cm³/mol. The minimum atomic E-state index is -0.765. The molecule has 0 amide bonds. The van der Waals surface area contributed by atoms with E-state index < -0.39 is 12.3 Å². The van der Waals surface area contributed by atoms with E-state index in [0.29, 0.717) is 43.5 Å². The summed E-state index contributed by atoms with van der Waals surface area (Å²) in [6.07, 6.45) is 6.95. The number of piperidine rings is 1. The molecule has 0 aromatic carbocycles. The van der Waals surface area contributed by atoms with Gasteiger partial charge in [0.1, 0.15) is 12.3 Å². The number of fused-ring (bicyclic) bond motifs is 10. The van der Waals surface area contributed by atoms with Crippen molar-refractivity contribution in [2.24, 2.45) is 23.7 Å². The minimum absolute atomic E-state index is 0.00717. The number of halogens is 2. The highest BCUT2D eigenvalue weighted by Gasteiger charge is 2.56. The maximum atomic E-state index is 15.6. The largest absolute Gasteiger partial charge is 0.373 e. The number of likely N-dealkylation sites (N-methyl/N-ethyl adjacent to an activating group) is 1. The highest BCUT2D eigenvalue weighted by atomic mass is 19.1. The van der Waals surface area contributed by atoms with E-state index in [2.05, 4.69) is 33.0 Å². The second kappa shape index (κ2) is 9.12. The van der Waals surface area contributed by atoms with Gasteiger partial charge in [0.25, 0.3) is 0 Å². The first-order chi connectivity index (χ1) is 17.0. The van der Waals surface area contributed by atoms with E-state index in [4.69, 9.17) is 4.74 Å². The van der Waals surface area contributed by atoms with Crippen LogP contribution in [0.3, 0.4) is 0 Å². The molecule has 8 heteroatoms. The molecule has 6 bridgehead atoms. The third-order valence-electron chi connectivity index (χ3n) is 11.4. The van der Waals surface area contributed by atoms with Crippen LogP contribution >= 0.6 is 0 Å². The van der Waals surface area contributed by atoms with Gasteiger partial charge in [0.05, 0.1) is 18.2 Å². The Labute approximate surface area is 209 Å². The maximum absolute atomic E-state index is 15.6. The Balaban J connectivity index is 1.23. The molecule has 3 N–H and O–H groups in total. The molecule has 1 spiro atoms. The van der Waals surface area contributed by atoms with Gasteiger partial charge in [0.2, 0.25) is 0 Å². The lowest BCUT2D eigenvalue weighted by atomic mass is 9.67. The molecule has 198 valence electrons.